The number of rotatable bonds is 12. The topological polar surface area (TPSA) is 159 Å². The Morgan fingerprint density at radius 1 is 0.667 bits per heavy atom. The van der Waals surface area contributed by atoms with Gasteiger partial charge < -0.3 is 18.3 Å². The van der Waals surface area contributed by atoms with E-state index < -0.39 is 68.9 Å². The predicted molar refractivity (Wildman–Crippen MR) is 197 cm³/mol. The number of hydrogen-bond donors (Lipinski definition) is 1. The minimum Gasteiger partial charge on any atom is -0.497 e. The Bertz CT molecular complexity index is 3020. The van der Waals surface area contributed by atoms with Gasteiger partial charge in [-0.2, -0.15) is 43.5 Å². The zero-order valence-electron chi connectivity index (χ0n) is 30.1. The zero-order valence-corrected chi connectivity index (χ0v) is 32.5. The third kappa shape index (κ3) is 6.97. The molecule has 314 valence electrons. The number of hydrogen-bond acceptors (Lipinski definition) is 10. The van der Waals surface area contributed by atoms with Gasteiger partial charge in [-0.25, -0.2) is 18.4 Å². The van der Waals surface area contributed by atoms with E-state index in [1.54, 1.807) is 42.5 Å². The highest BCUT2D eigenvalue weighted by Crippen LogP contribution is 2.58. The second-order valence-corrected chi connectivity index (χ2v) is 16.8. The lowest BCUT2D eigenvalue weighted by Crippen LogP contribution is -2.63. The summed E-state index contributed by atoms with van der Waals surface area (Å²) in [6, 6.07) is 20.6. The first-order valence-corrected chi connectivity index (χ1v) is 20.0. The van der Waals surface area contributed by atoms with E-state index in [9.17, 15) is 43.2 Å². The van der Waals surface area contributed by atoms with Crippen molar-refractivity contribution in [3.63, 3.8) is 0 Å². The highest BCUT2D eigenvalue weighted by atomic mass is 35.5. The minimum absolute atomic E-state index is 0.0651. The first kappa shape index (κ1) is 42.4. The van der Waals surface area contributed by atoms with Crippen molar-refractivity contribution < 1.29 is 74.8 Å². The van der Waals surface area contributed by atoms with Crippen molar-refractivity contribution in [3.05, 3.63) is 113 Å². The van der Waals surface area contributed by atoms with Crippen molar-refractivity contribution in [1.29, 1.82) is 0 Å². The second kappa shape index (κ2) is 14.5. The highest BCUT2D eigenvalue weighted by Gasteiger charge is 2.84. The van der Waals surface area contributed by atoms with Crippen LogP contribution in [-0.4, -0.2) is 55.6 Å². The van der Waals surface area contributed by atoms with Crippen molar-refractivity contribution in [2.45, 2.75) is 39.7 Å². The molecule has 0 atom stereocenters. The number of oxazole rings is 2. The van der Waals surface area contributed by atoms with Crippen LogP contribution < -0.4 is 9.47 Å². The van der Waals surface area contributed by atoms with Gasteiger partial charge in [-0.15, -0.1) is 0 Å². The molecule has 7 rings (SSSR count). The molecule has 2 aromatic heterocycles. The summed E-state index contributed by atoms with van der Waals surface area (Å²) in [5.74, 6) is -19.7. The Labute approximate surface area is 337 Å². The molecule has 0 aliphatic rings. The van der Waals surface area contributed by atoms with Crippen molar-refractivity contribution in [1.82, 2.24) is 9.97 Å². The number of aryl methyl sites for hydroxylation is 1. The van der Waals surface area contributed by atoms with Crippen LogP contribution in [0.25, 0.3) is 45.1 Å². The van der Waals surface area contributed by atoms with Gasteiger partial charge in [0, 0.05) is 28.8 Å². The van der Waals surface area contributed by atoms with E-state index in [-0.39, 0.29) is 23.5 Å². The SMILES string of the molecule is COc1cccc(-c2nc3cc4nc(-c5cccc(Oc6ccc(S(=O)(=O)c7ccc(C)c(C(F)(F)C(F)(F)C(F)(F)C(F)(F)S(=O)(=O)O)c7)c(Cl)c6)c5)oc4cc3o2)c1. The number of ether oxygens (including phenoxy) is 2. The molecule has 60 heavy (non-hydrogen) atoms. The van der Waals surface area contributed by atoms with Gasteiger partial charge in [0.1, 0.15) is 28.3 Å². The fraction of sp³-hybridized carbons (Fsp3) is 0.158. The van der Waals surface area contributed by atoms with E-state index in [4.69, 9.17) is 34.5 Å². The van der Waals surface area contributed by atoms with Crippen LogP contribution in [0.1, 0.15) is 11.1 Å². The van der Waals surface area contributed by atoms with E-state index in [1.807, 2.05) is 6.07 Å². The Balaban J connectivity index is 1.13. The molecular formula is C38H23ClF8N2O9S2. The summed E-state index contributed by atoms with van der Waals surface area (Å²) in [6.45, 7) is 0.641. The molecule has 0 unspecified atom stereocenters. The molecule has 5 aromatic carbocycles. The molecule has 0 fully saturated rings. The molecule has 22 heteroatoms. The maximum atomic E-state index is 15.1. The molecule has 0 radical (unpaired) electrons. The van der Waals surface area contributed by atoms with Crippen LogP contribution in [0, 0.1) is 6.92 Å². The van der Waals surface area contributed by atoms with Crippen molar-refractivity contribution in [2.75, 3.05) is 7.11 Å². The van der Waals surface area contributed by atoms with Crippen molar-refractivity contribution in [3.8, 4) is 40.2 Å². The predicted octanol–water partition coefficient (Wildman–Crippen LogP) is 10.7. The molecule has 0 spiro atoms. The number of aromatic nitrogens is 2. The lowest BCUT2D eigenvalue weighted by atomic mass is 9.94. The Morgan fingerprint density at radius 3 is 1.77 bits per heavy atom. The van der Waals surface area contributed by atoms with Crippen LogP contribution in [-0.2, 0) is 25.9 Å². The summed E-state index contributed by atoms with van der Waals surface area (Å²) in [5.41, 5.74) is -0.281. The average Bonchev–Trinajstić information content (AvgIpc) is 3.80. The number of nitrogens with zero attached hydrogens (tertiary/aromatic N) is 2. The van der Waals surface area contributed by atoms with Gasteiger partial charge in [0.2, 0.25) is 21.6 Å². The standard InChI is InChI=1S/C38H23ClF8N2O9S2/c1-19-9-11-25(16-26(19)35(40,41)36(42,43)37(44,45)38(46,47)60(52,53)54)59(50,51)32-12-10-24(15-27(32)39)56-23-8-4-6-21(14-23)34-49-29-17-28-30(18-31(29)58-34)57-33(48-28)20-5-3-7-22(13-20)55-2/h3-18H,1-2H3,(H,52,53,54). The normalized spacial score (nSPS) is 13.3. The number of methoxy groups -OCH3 is 1. The van der Waals surface area contributed by atoms with Gasteiger partial charge >= 0.3 is 33.1 Å². The maximum Gasteiger partial charge on any atom is 0.438 e. The van der Waals surface area contributed by atoms with E-state index in [0.717, 1.165) is 18.2 Å². The van der Waals surface area contributed by atoms with Crippen molar-refractivity contribution in [2.24, 2.45) is 0 Å². The smallest absolute Gasteiger partial charge is 0.438 e. The fourth-order valence-electron chi connectivity index (χ4n) is 5.89. The molecule has 11 nitrogen and oxygen atoms in total. The molecule has 0 bridgehead atoms. The molecule has 0 aliphatic heterocycles. The molecule has 7 aromatic rings. The summed E-state index contributed by atoms with van der Waals surface area (Å²) in [6.07, 6.45) is 0. The molecule has 0 saturated heterocycles. The molecule has 0 amide bonds. The molecule has 0 aliphatic carbocycles. The van der Waals surface area contributed by atoms with Crippen LogP contribution in [0.5, 0.6) is 17.2 Å². The van der Waals surface area contributed by atoms with Gasteiger partial charge in [0.25, 0.3) is 0 Å². The summed E-state index contributed by atoms with van der Waals surface area (Å²) >= 11 is 6.25. The average molecular weight is 903 g/mol. The van der Waals surface area contributed by atoms with Gasteiger partial charge in [0.15, 0.2) is 11.2 Å². The van der Waals surface area contributed by atoms with E-state index >= 15 is 8.78 Å². The molecule has 2 heterocycles. The second-order valence-electron chi connectivity index (χ2n) is 13.0. The van der Waals surface area contributed by atoms with Crippen LogP contribution in [0.15, 0.2) is 116 Å². The quantitative estimate of drug-likeness (QED) is 0.0918. The zero-order chi connectivity index (χ0) is 43.8. The fourth-order valence-corrected chi connectivity index (χ4v) is 8.15. The first-order valence-electron chi connectivity index (χ1n) is 16.7. The van der Waals surface area contributed by atoms with Gasteiger partial charge in [-0.1, -0.05) is 29.8 Å². The van der Waals surface area contributed by atoms with Gasteiger partial charge in [0.05, 0.1) is 21.9 Å². The number of sulfone groups is 1. The van der Waals surface area contributed by atoms with Crippen LogP contribution in [0.2, 0.25) is 5.02 Å². The molecule has 0 saturated carbocycles. The maximum absolute atomic E-state index is 15.1. The van der Waals surface area contributed by atoms with Crippen LogP contribution in [0.3, 0.4) is 0 Å². The van der Waals surface area contributed by atoms with Crippen LogP contribution in [0.4, 0.5) is 35.1 Å². The third-order valence-electron chi connectivity index (χ3n) is 9.06. The first-order chi connectivity index (χ1) is 27.9. The van der Waals surface area contributed by atoms with Gasteiger partial charge in [-0.3, -0.25) is 4.55 Å². The minimum atomic E-state index is -7.41. The highest BCUT2D eigenvalue weighted by molar-refractivity contribution is 7.91. The van der Waals surface area contributed by atoms with Gasteiger partial charge in [-0.05, 0) is 79.2 Å². The number of halogens is 9. The van der Waals surface area contributed by atoms with E-state index in [0.29, 0.717) is 64.0 Å². The third-order valence-corrected chi connectivity index (χ3v) is 12.2. The lowest BCUT2D eigenvalue weighted by molar-refractivity contribution is -0.353. The molecular weight excluding hydrogens is 880 g/mol. The van der Waals surface area contributed by atoms with E-state index in [2.05, 4.69) is 9.97 Å². The molecule has 1 N–H and O–H groups in total. The van der Waals surface area contributed by atoms with E-state index in [1.165, 1.54) is 19.2 Å². The monoisotopic (exact) mass is 902 g/mol. The number of fused-ring (bicyclic) bond motifs is 2. The lowest BCUT2D eigenvalue weighted by Gasteiger charge is -2.36. The summed E-state index contributed by atoms with van der Waals surface area (Å²) in [7, 11) is -10.9. The summed E-state index contributed by atoms with van der Waals surface area (Å²) < 4.78 is 196. The number of benzene rings is 5. The Hall–Kier alpha value is -5.77. The van der Waals surface area contributed by atoms with Crippen molar-refractivity contribution >= 4 is 53.8 Å². The largest absolute Gasteiger partial charge is 0.497 e. The summed E-state index contributed by atoms with van der Waals surface area (Å²) in [5, 5.41) is -7.68. The summed E-state index contributed by atoms with van der Waals surface area (Å²) in [4.78, 5) is 7.06. The Kier molecular flexibility index (Phi) is 10.2. The number of alkyl halides is 8. The van der Waals surface area contributed by atoms with Crippen LogP contribution >= 0.6 is 11.6 Å². The Morgan fingerprint density at radius 2 is 1.22 bits per heavy atom.